The number of anilines is 1. The molecule has 0 amide bonds. The summed E-state index contributed by atoms with van der Waals surface area (Å²) < 4.78 is 2.32. The Balaban J connectivity index is 1.83. The number of nitrogen functional groups attached to an aromatic ring is 1. The van der Waals surface area contributed by atoms with Gasteiger partial charge in [0.1, 0.15) is 5.82 Å². The van der Waals surface area contributed by atoms with Gasteiger partial charge in [-0.25, -0.2) is 4.98 Å². The average molecular weight is 229 g/mol. The summed E-state index contributed by atoms with van der Waals surface area (Å²) in [5, 5.41) is 0. The van der Waals surface area contributed by atoms with E-state index in [1.165, 1.54) is 31.2 Å². The fraction of sp³-hybridized carbons (Fsp3) is 0.500. The van der Waals surface area contributed by atoms with Gasteiger partial charge in [-0.2, -0.15) is 0 Å². The van der Waals surface area contributed by atoms with Crippen LogP contribution in [0.5, 0.6) is 0 Å². The van der Waals surface area contributed by atoms with Gasteiger partial charge in [0.25, 0.3) is 0 Å². The monoisotopic (exact) mass is 229 g/mol. The van der Waals surface area contributed by atoms with Crippen molar-refractivity contribution in [3.05, 3.63) is 24.0 Å². The smallest absolute Gasteiger partial charge is 0.106 e. The minimum atomic E-state index is 0.792. The number of hydrogen-bond acceptors (Lipinski definition) is 2. The average Bonchev–Trinajstić information content (AvgIpc) is 3.04. The number of aryl methyl sites for hydroxylation is 2. The van der Waals surface area contributed by atoms with E-state index in [1.54, 1.807) is 0 Å². The second kappa shape index (κ2) is 4.06. The summed E-state index contributed by atoms with van der Waals surface area (Å²) in [6.45, 7) is 3.16. The molecule has 0 spiro atoms. The first-order valence-electron chi connectivity index (χ1n) is 6.46. The summed E-state index contributed by atoms with van der Waals surface area (Å²) >= 11 is 0. The van der Waals surface area contributed by atoms with E-state index in [4.69, 9.17) is 5.73 Å². The van der Waals surface area contributed by atoms with Crippen molar-refractivity contribution >= 4 is 16.7 Å². The highest BCUT2D eigenvalue weighted by atomic mass is 15.1. The van der Waals surface area contributed by atoms with Crippen LogP contribution in [0.3, 0.4) is 0 Å². The second-order valence-corrected chi connectivity index (χ2v) is 5.14. The molecule has 1 aliphatic rings. The summed E-state index contributed by atoms with van der Waals surface area (Å²) in [6, 6.07) is 6.00. The third-order valence-corrected chi connectivity index (χ3v) is 3.65. The molecule has 0 saturated heterocycles. The predicted octanol–water partition coefficient (Wildman–Crippen LogP) is 3.12. The molecule has 0 unspecified atom stereocenters. The van der Waals surface area contributed by atoms with Gasteiger partial charge < -0.3 is 10.3 Å². The maximum absolute atomic E-state index is 5.78. The molecule has 0 bridgehead atoms. The van der Waals surface area contributed by atoms with Crippen LogP contribution in [0.1, 0.15) is 31.5 Å². The van der Waals surface area contributed by atoms with Crippen LogP contribution in [0.25, 0.3) is 11.0 Å². The van der Waals surface area contributed by atoms with E-state index >= 15 is 0 Å². The van der Waals surface area contributed by atoms with Crippen LogP contribution < -0.4 is 5.73 Å². The second-order valence-electron chi connectivity index (χ2n) is 5.14. The van der Waals surface area contributed by atoms with E-state index in [1.807, 2.05) is 12.1 Å². The molecule has 1 aliphatic carbocycles. The number of aromatic nitrogens is 2. The zero-order valence-corrected chi connectivity index (χ0v) is 10.3. The van der Waals surface area contributed by atoms with Crippen molar-refractivity contribution in [1.29, 1.82) is 0 Å². The van der Waals surface area contributed by atoms with Gasteiger partial charge >= 0.3 is 0 Å². The van der Waals surface area contributed by atoms with Crippen molar-refractivity contribution in [3.63, 3.8) is 0 Å². The van der Waals surface area contributed by atoms with Crippen molar-refractivity contribution in [2.24, 2.45) is 5.92 Å². The molecule has 3 heteroatoms. The minimum absolute atomic E-state index is 0.792. The van der Waals surface area contributed by atoms with Crippen molar-refractivity contribution in [3.8, 4) is 0 Å². The normalized spacial score (nSPS) is 15.6. The maximum atomic E-state index is 5.78. The largest absolute Gasteiger partial charge is 0.399 e. The highest BCUT2D eigenvalue weighted by Crippen LogP contribution is 2.33. The maximum Gasteiger partial charge on any atom is 0.106 e. The Morgan fingerprint density at radius 3 is 3.00 bits per heavy atom. The zero-order valence-electron chi connectivity index (χ0n) is 10.3. The van der Waals surface area contributed by atoms with Gasteiger partial charge in [-0.3, -0.25) is 0 Å². The molecule has 2 N–H and O–H groups in total. The van der Waals surface area contributed by atoms with Gasteiger partial charge in [-0.05, 0) is 43.9 Å². The first-order chi connectivity index (χ1) is 8.24. The molecule has 1 heterocycles. The number of nitrogens with two attached hydrogens (primary N) is 1. The van der Waals surface area contributed by atoms with Crippen molar-refractivity contribution in [2.75, 3.05) is 5.73 Å². The highest BCUT2D eigenvalue weighted by molar-refractivity contribution is 5.79. The highest BCUT2D eigenvalue weighted by Gasteiger charge is 2.20. The summed E-state index contributed by atoms with van der Waals surface area (Å²) in [6.07, 6.45) is 5.52. The van der Waals surface area contributed by atoms with Crippen LogP contribution in [-0.2, 0) is 6.54 Å². The Morgan fingerprint density at radius 1 is 1.41 bits per heavy atom. The third kappa shape index (κ3) is 2.14. The molecule has 17 heavy (non-hydrogen) atoms. The lowest BCUT2D eigenvalue weighted by atomic mass is 10.2. The van der Waals surface area contributed by atoms with E-state index in [0.29, 0.717) is 0 Å². The Labute approximate surface area is 102 Å². The summed E-state index contributed by atoms with van der Waals surface area (Å²) in [5.74, 6) is 2.11. The van der Waals surface area contributed by atoms with E-state index in [0.717, 1.165) is 29.5 Å². The van der Waals surface area contributed by atoms with Crippen molar-refractivity contribution in [1.82, 2.24) is 9.55 Å². The number of hydrogen-bond donors (Lipinski definition) is 1. The quantitative estimate of drug-likeness (QED) is 0.819. The summed E-state index contributed by atoms with van der Waals surface area (Å²) in [7, 11) is 0. The Kier molecular flexibility index (Phi) is 2.54. The lowest BCUT2D eigenvalue weighted by molar-refractivity contribution is 0.577. The molecule has 0 radical (unpaired) electrons. The predicted molar refractivity (Wildman–Crippen MR) is 70.8 cm³/mol. The molecule has 1 aromatic heterocycles. The molecule has 1 fully saturated rings. The molecule has 1 aromatic carbocycles. The van der Waals surface area contributed by atoms with Crippen LogP contribution in [0.4, 0.5) is 5.69 Å². The molecular formula is C14H19N3. The number of imidazole rings is 1. The van der Waals surface area contributed by atoms with Crippen LogP contribution >= 0.6 is 0 Å². The first kappa shape index (κ1) is 10.6. The third-order valence-electron chi connectivity index (χ3n) is 3.65. The molecule has 2 aromatic rings. The fourth-order valence-electron chi connectivity index (χ4n) is 2.49. The van der Waals surface area contributed by atoms with E-state index < -0.39 is 0 Å². The fourth-order valence-corrected chi connectivity index (χ4v) is 2.49. The summed E-state index contributed by atoms with van der Waals surface area (Å²) in [5.41, 5.74) is 8.81. The van der Waals surface area contributed by atoms with Crippen LogP contribution in [0.15, 0.2) is 18.2 Å². The van der Waals surface area contributed by atoms with Crippen molar-refractivity contribution < 1.29 is 0 Å². The first-order valence-corrected chi connectivity index (χ1v) is 6.46. The Bertz CT molecular complexity index is 538. The Hall–Kier alpha value is -1.51. The van der Waals surface area contributed by atoms with Gasteiger partial charge in [0, 0.05) is 12.2 Å². The lowest BCUT2D eigenvalue weighted by Crippen LogP contribution is -2.00. The molecule has 0 aliphatic heterocycles. The molecule has 1 saturated carbocycles. The van der Waals surface area contributed by atoms with Gasteiger partial charge in [-0.1, -0.05) is 12.8 Å². The number of nitrogens with zero attached hydrogens (tertiary/aromatic N) is 2. The molecular weight excluding hydrogens is 210 g/mol. The number of fused-ring (bicyclic) bond motifs is 1. The summed E-state index contributed by atoms with van der Waals surface area (Å²) in [4.78, 5) is 4.57. The van der Waals surface area contributed by atoms with Crippen LogP contribution in [0.2, 0.25) is 0 Å². The van der Waals surface area contributed by atoms with Gasteiger partial charge in [0.2, 0.25) is 0 Å². The molecule has 90 valence electrons. The number of rotatable bonds is 4. The van der Waals surface area contributed by atoms with Gasteiger partial charge in [0.05, 0.1) is 11.0 Å². The van der Waals surface area contributed by atoms with Crippen LogP contribution in [-0.4, -0.2) is 9.55 Å². The van der Waals surface area contributed by atoms with Gasteiger partial charge in [-0.15, -0.1) is 0 Å². The SMILES string of the molecule is Cc1nc2cc(N)ccc2n1CCCC1CC1. The van der Waals surface area contributed by atoms with E-state index in [-0.39, 0.29) is 0 Å². The molecule has 3 rings (SSSR count). The van der Waals surface area contributed by atoms with E-state index in [2.05, 4.69) is 22.5 Å². The lowest BCUT2D eigenvalue weighted by Gasteiger charge is -2.06. The van der Waals surface area contributed by atoms with E-state index in [9.17, 15) is 0 Å². The number of benzene rings is 1. The minimum Gasteiger partial charge on any atom is -0.399 e. The molecule has 3 nitrogen and oxygen atoms in total. The molecule has 0 atom stereocenters. The van der Waals surface area contributed by atoms with Crippen LogP contribution in [0, 0.1) is 12.8 Å². The van der Waals surface area contributed by atoms with Crippen molar-refractivity contribution in [2.45, 2.75) is 39.2 Å². The van der Waals surface area contributed by atoms with Gasteiger partial charge in [0.15, 0.2) is 0 Å². The zero-order chi connectivity index (χ0) is 11.8. The topological polar surface area (TPSA) is 43.8 Å². The Morgan fingerprint density at radius 2 is 2.24 bits per heavy atom. The standard InChI is InChI=1S/C14H19N3/c1-10-16-13-9-12(15)6-7-14(13)17(10)8-2-3-11-4-5-11/h6-7,9,11H,2-5,8,15H2,1H3.